The van der Waals surface area contributed by atoms with Gasteiger partial charge in [0, 0.05) is 10.9 Å². The van der Waals surface area contributed by atoms with Gasteiger partial charge in [-0.05, 0) is 32.2 Å². The van der Waals surface area contributed by atoms with Crippen LogP contribution in [0.15, 0.2) is 22.5 Å². The highest BCUT2D eigenvalue weighted by Crippen LogP contribution is 2.25. The first-order valence-electron chi connectivity index (χ1n) is 5.24. The topological polar surface area (TPSA) is 70.6 Å². The zero-order valence-corrected chi connectivity index (χ0v) is 13.5. The average molecular weight is 369 g/mol. The fourth-order valence-corrected chi connectivity index (χ4v) is 2.02. The lowest BCUT2D eigenvalue weighted by molar-refractivity contribution is 0.0712. The second-order valence-electron chi connectivity index (χ2n) is 4.25. The second kappa shape index (κ2) is 7.17. The van der Waals surface area contributed by atoms with Gasteiger partial charge in [-0.15, -0.1) is 35.3 Å². The van der Waals surface area contributed by atoms with Crippen LogP contribution in [-0.4, -0.2) is 23.7 Å². The predicted octanol–water partition coefficient (Wildman–Crippen LogP) is 1.89. The van der Waals surface area contributed by atoms with Crippen molar-refractivity contribution in [2.24, 2.45) is 10.7 Å². The Morgan fingerprint density at radius 1 is 1.65 bits per heavy atom. The van der Waals surface area contributed by atoms with Crippen LogP contribution in [0.3, 0.4) is 0 Å². The maximum absolute atomic E-state index is 10.2. The molecule has 0 amide bonds. The van der Waals surface area contributed by atoms with Gasteiger partial charge < -0.3 is 16.2 Å². The molecule has 0 aromatic carbocycles. The van der Waals surface area contributed by atoms with Crippen LogP contribution in [0.1, 0.15) is 25.6 Å². The van der Waals surface area contributed by atoms with Crippen LogP contribution in [0.4, 0.5) is 0 Å². The van der Waals surface area contributed by atoms with E-state index >= 15 is 0 Å². The zero-order valence-electron chi connectivity index (χ0n) is 10.3. The molecular weight excluding hydrogens is 349 g/mol. The van der Waals surface area contributed by atoms with Crippen molar-refractivity contribution in [3.63, 3.8) is 0 Å². The van der Waals surface area contributed by atoms with Crippen LogP contribution in [0.5, 0.6) is 0 Å². The number of nitrogens with one attached hydrogen (secondary N) is 1. The van der Waals surface area contributed by atoms with Crippen molar-refractivity contribution < 1.29 is 5.11 Å². The first-order chi connectivity index (χ1) is 7.42. The summed E-state index contributed by atoms with van der Waals surface area (Å²) in [5.41, 5.74) is 4.72. The maximum atomic E-state index is 10.2. The molecule has 98 valence electrons. The van der Waals surface area contributed by atoms with E-state index in [2.05, 4.69) is 10.3 Å². The molecular formula is C11H20IN3OS. The molecule has 0 bridgehead atoms. The lowest BCUT2D eigenvalue weighted by Crippen LogP contribution is -2.38. The van der Waals surface area contributed by atoms with Crippen LogP contribution in [0.2, 0.25) is 0 Å². The summed E-state index contributed by atoms with van der Waals surface area (Å²) >= 11 is 1.51. The molecule has 1 unspecified atom stereocenters. The van der Waals surface area contributed by atoms with Crippen LogP contribution in [-0.2, 0) is 5.60 Å². The van der Waals surface area contributed by atoms with E-state index < -0.39 is 5.60 Å². The Kier molecular flexibility index (Phi) is 7.03. The highest BCUT2D eigenvalue weighted by Gasteiger charge is 2.23. The van der Waals surface area contributed by atoms with Gasteiger partial charge in [0.25, 0.3) is 0 Å². The minimum absolute atomic E-state index is 0. The van der Waals surface area contributed by atoms with E-state index in [1.54, 1.807) is 6.92 Å². The average Bonchev–Trinajstić information content (AvgIpc) is 2.67. The second-order valence-corrected chi connectivity index (χ2v) is 5.20. The van der Waals surface area contributed by atoms with Gasteiger partial charge in [0.1, 0.15) is 5.60 Å². The molecule has 6 heteroatoms. The highest BCUT2D eigenvalue weighted by molar-refractivity contribution is 14.0. The van der Waals surface area contributed by atoms with Crippen molar-refractivity contribution in [2.45, 2.75) is 32.4 Å². The van der Waals surface area contributed by atoms with Gasteiger partial charge in [-0.1, -0.05) is 6.07 Å². The number of thiophene rings is 1. The van der Waals surface area contributed by atoms with E-state index in [0.717, 1.165) is 4.88 Å². The Labute approximate surface area is 123 Å². The molecule has 1 rings (SSSR count). The summed E-state index contributed by atoms with van der Waals surface area (Å²) < 4.78 is 0. The van der Waals surface area contributed by atoms with Crippen molar-refractivity contribution in [1.29, 1.82) is 0 Å². The third kappa shape index (κ3) is 5.69. The molecule has 0 radical (unpaired) electrons. The molecule has 1 aromatic rings. The van der Waals surface area contributed by atoms with Gasteiger partial charge in [0.2, 0.25) is 0 Å². The normalized spacial score (nSPS) is 15.2. The number of guanidine groups is 1. The zero-order chi connectivity index (χ0) is 12.2. The lowest BCUT2D eigenvalue weighted by Gasteiger charge is -2.20. The van der Waals surface area contributed by atoms with E-state index in [1.165, 1.54) is 11.3 Å². The molecule has 1 atom stereocenters. The predicted molar refractivity (Wildman–Crippen MR) is 84.1 cm³/mol. The summed E-state index contributed by atoms with van der Waals surface area (Å²) in [6, 6.07) is 4.05. The first-order valence-corrected chi connectivity index (χ1v) is 6.12. The van der Waals surface area contributed by atoms with E-state index in [4.69, 9.17) is 5.73 Å². The molecule has 17 heavy (non-hydrogen) atoms. The minimum atomic E-state index is -0.947. The van der Waals surface area contributed by atoms with Crippen molar-refractivity contribution in [1.82, 2.24) is 5.32 Å². The van der Waals surface area contributed by atoms with Crippen molar-refractivity contribution >= 4 is 41.3 Å². The van der Waals surface area contributed by atoms with Crippen molar-refractivity contribution in [3.05, 3.63) is 22.4 Å². The molecule has 0 spiro atoms. The summed E-state index contributed by atoms with van der Waals surface area (Å²) in [7, 11) is 0. The Morgan fingerprint density at radius 2 is 2.29 bits per heavy atom. The fourth-order valence-electron chi connectivity index (χ4n) is 1.24. The maximum Gasteiger partial charge on any atom is 0.188 e. The molecule has 0 saturated carbocycles. The smallest absolute Gasteiger partial charge is 0.188 e. The molecule has 0 fully saturated rings. The van der Waals surface area contributed by atoms with E-state index in [1.807, 2.05) is 31.4 Å². The third-order valence-corrected chi connectivity index (χ3v) is 3.17. The Balaban J connectivity index is 0.00000256. The summed E-state index contributed by atoms with van der Waals surface area (Å²) in [5, 5.41) is 15.1. The van der Waals surface area contributed by atoms with Gasteiger partial charge >= 0.3 is 0 Å². The van der Waals surface area contributed by atoms with E-state index in [9.17, 15) is 5.11 Å². The third-order valence-electron chi connectivity index (χ3n) is 2.05. The standard InChI is InChI=1S/C11H19N3OS.HI/c1-8(2)14-10(12)13-7-11(3,15)9-5-4-6-16-9;/h4-6,8,15H,7H2,1-3H3,(H3,12,13,14);1H. The Bertz CT molecular complexity index is 350. The number of rotatable bonds is 4. The number of hydrogen-bond donors (Lipinski definition) is 3. The van der Waals surface area contributed by atoms with E-state index in [0.29, 0.717) is 5.96 Å². The van der Waals surface area contributed by atoms with Crippen LogP contribution in [0.25, 0.3) is 0 Å². The summed E-state index contributed by atoms with van der Waals surface area (Å²) in [4.78, 5) is 5.03. The largest absolute Gasteiger partial charge is 0.383 e. The molecule has 0 aliphatic heterocycles. The van der Waals surface area contributed by atoms with Crippen LogP contribution < -0.4 is 11.1 Å². The molecule has 4 N–H and O–H groups in total. The van der Waals surface area contributed by atoms with Crippen molar-refractivity contribution in [2.75, 3.05) is 6.54 Å². The molecule has 1 aromatic heterocycles. The minimum Gasteiger partial charge on any atom is -0.383 e. The Hall–Kier alpha value is -0.340. The number of halogens is 1. The summed E-state index contributed by atoms with van der Waals surface area (Å²) in [5.74, 6) is 0.367. The van der Waals surface area contributed by atoms with Gasteiger partial charge in [0.15, 0.2) is 5.96 Å². The van der Waals surface area contributed by atoms with Crippen LogP contribution >= 0.6 is 35.3 Å². The Morgan fingerprint density at radius 3 is 2.76 bits per heavy atom. The fraction of sp³-hybridized carbons (Fsp3) is 0.545. The van der Waals surface area contributed by atoms with E-state index in [-0.39, 0.29) is 36.6 Å². The van der Waals surface area contributed by atoms with Crippen molar-refractivity contribution in [3.8, 4) is 0 Å². The lowest BCUT2D eigenvalue weighted by atomic mass is 10.1. The number of nitrogens with zero attached hydrogens (tertiary/aromatic N) is 1. The molecule has 4 nitrogen and oxygen atoms in total. The summed E-state index contributed by atoms with van der Waals surface area (Å²) in [6.07, 6.45) is 0. The first kappa shape index (κ1) is 16.7. The number of aliphatic hydroxyl groups is 1. The number of hydrogen-bond acceptors (Lipinski definition) is 3. The van der Waals surface area contributed by atoms with Gasteiger partial charge in [0.05, 0.1) is 6.54 Å². The quantitative estimate of drug-likeness (QED) is 0.431. The molecule has 1 heterocycles. The van der Waals surface area contributed by atoms with Gasteiger partial charge in [-0.25, -0.2) is 0 Å². The number of aliphatic imine (C=N–C) groups is 1. The van der Waals surface area contributed by atoms with Crippen LogP contribution in [0, 0.1) is 0 Å². The molecule has 0 saturated heterocycles. The molecule has 0 aliphatic carbocycles. The van der Waals surface area contributed by atoms with Gasteiger partial charge in [-0.3, -0.25) is 4.99 Å². The monoisotopic (exact) mass is 369 g/mol. The highest BCUT2D eigenvalue weighted by atomic mass is 127. The number of nitrogens with two attached hydrogens (primary N) is 1. The SMILES string of the molecule is CC(C)NC(N)=NCC(C)(O)c1cccs1.I. The van der Waals surface area contributed by atoms with Gasteiger partial charge in [-0.2, -0.15) is 0 Å². The summed E-state index contributed by atoms with van der Waals surface area (Å²) in [6.45, 7) is 5.98. The molecule has 0 aliphatic rings.